The van der Waals surface area contributed by atoms with Crippen LogP contribution in [0.4, 0.5) is 4.79 Å². The van der Waals surface area contributed by atoms with Gasteiger partial charge in [0.2, 0.25) is 5.91 Å². The number of amides is 4. The lowest BCUT2D eigenvalue weighted by Crippen LogP contribution is -2.43. The zero-order chi connectivity index (χ0) is 19.1. The maximum absolute atomic E-state index is 12.3. The second-order valence-corrected chi connectivity index (χ2v) is 5.78. The maximum Gasteiger partial charge on any atom is 0.312 e. The Hall–Kier alpha value is -3.17. The summed E-state index contributed by atoms with van der Waals surface area (Å²) in [4.78, 5) is 41.1. The third-order valence-corrected chi connectivity index (χ3v) is 3.81. The minimum atomic E-state index is -0.665. The van der Waals surface area contributed by atoms with Crippen molar-refractivity contribution in [1.29, 1.82) is 0 Å². The van der Waals surface area contributed by atoms with Crippen molar-refractivity contribution in [2.24, 2.45) is 5.73 Å². The molecule has 140 valence electrons. The fourth-order valence-corrected chi connectivity index (χ4v) is 2.56. The Kier molecular flexibility index (Phi) is 6.48. The number of fused-ring (bicyclic) bond motifs is 1. The van der Waals surface area contributed by atoms with Gasteiger partial charge in [0, 0.05) is 44.5 Å². The predicted molar refractivity (Wildman–Crippen MR) is 94.4 cm³/mol. The van der Waals surface area contributed by atoms with E-state index >= 15 is 0 Å². The van der Waals surface area contributed by atoms with Crippen LogP contribution in [0.3, 0.4) is 0 Å². The molecule has 1 atom stereocenters. The standard InChI is InChI=1S/C16H23N7O3/c1-3-22(13(24)10-11(2)21-16(17)26)8-6-19-15(25)14-12-4-5-20-23(12)9-7-18-14/h4-5,7,9,11H,3,6,8,10H2,1-2H3,(H,19,25)(H3,17,21,26). The first-order valence-corrected chi connectivity index (χ1v) is 8.32. The van der Waals surface area contributed by atoms with Crippen LogP contribution >= 0.6 is 0 Å². The molecule has 0 bridgehead atoms. The molecule has 1 unspecified atom stereocenters. The van der Waals surface area contributed by atoms with Gasteiger partial charge >= 0.3 is 6.03 Å². The van der Waals surface area contributed by atoms with E-state index in [0.717, 1.165) is 0 Å². The maximum atomic E-state index is 12.3. The summed E-state index contributed by atoms with van der Waals surface area (Å²) in [5.41, 5.74) is 5.93. The van der Waals surface area contributed by atoms with E-state index in [2.05, 4.69) is 20.7 Å². The molecule has 2 aromatic rings. The first kappa shape index (κ1) is 19.2. The summed E-state index contributed by atoms with van der Waals surface area (Å²) in [6.07, 6.45) is 4.89. The molecule has 2 aromatic heterocycles. The van der Waals surface area contributed by atoms with Gasteiger partial charge in [-0.15, -0.1) is 0 Å². The predicted octanol–water partition coefficient (Wildman–Crippen LogP) is -0.245. The second-order valence-electron chi connectivity index (χ2n) is 5.78. The van der Waals surface area contributed by atoms with Gasteiger partial charge in [0.05, 0.1) is 11.7 Å². The van der Waals surface area contributed by atoms with E-state index in [9.17, 15) is 14.4 Å². The molecule has 26 heavy (non-hydrogen) atoms. The number of hydrogen-bond donors (Lipinski definition) is 3. The van der Waals surface area contributed by atoms with E-state index in [1.165, 1.54) is 6.20 Å². The van der Waals surface area contributed by atoms with Gasteiger partial charge in [0.25, 0.3) is 5.91 Å². The lowest BCUT2D eigenvalue weighted by Gasteiger charge is -2.23. The van der Waals surface area contributed by atoms with Crippen LogP contribution in [0.1, 0.15) is 30.8 Å². The number of carbonyl (C=O) groups is 3. The largest absolute Gasteiger partial charge is 0.352 e. The van der Waals surface area contributed by atoms with Gasteiger partial charge in [-0.2, -0.15) is 5.10 Å². The van der Waals surface area contributed by atoms with Crippen LogP contribution in [0.15, 0.2) is 24.7 Å². The summed E-state index contributed by atoms with van der Waals surface area (Å²) in [5.74, 6) is -0.456. The lowest BCUT2D eigenvalue weighted by molar-refractivity contribution is -0.131. The Morgan fingerprint density at radius 1 is 1.35 bits per heavy atom. The highest BCUT2D eigenvalue weighted by atomic mass is 16.2. The van der Waals surface area contributed by atoms with Gasteiger partial charge in [-0.25, -0.2) is 14.3 Å². The molecule has 10 nitrogen and oxygen atoms in total. The van der Waals surface area contributed by atoms with E-state index in [1.54, 1.807) is 34.8 Å². The highest BCUT2D eigenvalue weighted by Gasteiger charge is 2.17. The molecule has 0 radical (unpaired) electrons. The van der Waals surface area contributed by atoms with E-state index in [0.29, 0.717) is 18.6 Å². The van der Waals surface area contributed by atoms with Gasteiger partial charge < -0.3 is 21.3 Å². The number of carbonyl (C=O) groups excluding carboxylic acids is 3. The number of hydrogen-bond acceptors (Lipinski definition) is 5. The summed E-state index contributed by atoms with van der Waals surface area (Å²) >= 11 is 0. The van der Waals surface area contributed by atoms with Crippen LogP contribution in [0.5, 0.6) is 0 Å². The first-order chi connectivity index (χ1) is 12.4. The molecule has 4 N–H and O–H groups in total. The zero-order valence-corrected chi connectivity index (χ0v) is 14.8. The molecule has 2 rings (SSSR count). The summed E-state index contributed by atoms with van der Waals surface area (Å²) < 4.78 is 1.57. The minimum absolute atomic E-state index is 0.126. The quantitative estimate of drug-likeness (QED) is 0.596. The van der Waals surface area contributed by atoms with Crippen LogP contribution in [0.2, 0.25) is 0 Å². The van der Waals surface area contributed by atoms with Crippen molar-refractivity contribution in [3.8, 4) is 0 Å². The fourth-order valence-electron chi connectivity index (χ4n) is 2.56. The van der Waals surface area contributed by atoms with Crippen molar-refractivity contribution in [2.75, 3.05) is 19.6 Å². The highest BCUT2D eigenvalue weighted by Crippen LogP contribution is 2.06. The second kappa shape index (κ2) is 8.79. The van der Waals surface area contributed by atoms with Crippen LogP contribution in [-0.4, -0.2) is 63.0 Å². The van der Waals surface area contributed by atoms with Crippen molar-refractivity contribution < 1.29 is 14.4 Å². The molecule has 0 aliphatic rings. The normalized spacial score (nSPS) is 11.8. The molecule has 0 spiro atoms. The zero-order valence-electron chi connectivity index (χ0n) is 14.8. The molecule has 0 saturated heterocycles. The number of primary amides is 1. The van der Waals surface area contributed by atoms with Gasteiger partial charge in [-0.05, 0) is 19.9 Å². The Morgan fingerprint density at radius 2 is 2.12 bits per heavy atom. The third-order valence-electron chi connectivity index (χ3n) is 3.81. The van der Waals surface area contributed by atoms with Crippen molar-refractivity contribution in [2.45, 2.75) is 26.3 Å². The molecule has 10 heteroatoms. The third kappa shape index (κ3) is 4.91. The first-order valence-electron chi connectivity index (χ1n) is 8.32. The summed E-state index contributed by atoms with van der Waals surface area (Å²) in [6, 6.07) is 0.686. The molecule has 4 amide bonds. The number of rotatable bonds is 8. The molecular formula is C16H23N7O3. The molecule has 0 fully saturated rings. The molecular weight excluding hydrogens is 338 g/mol. The van der Waals surface area contributed by atoms with E-state index in [4.69, 9.17) is 5.73 Å². The number of likely N-dealkylation sites (N-methyl/N-ethyl adjacent to an activating group) is 1. The number of nitrogens with one attached hydrogen (secondary N) is 2. The van der Waals surface area contributed by atoms with E-state index in [1.807, 2.05) is 6.92 Å². The lowest BCUT2D eigenvalue weighted by atomic mass is 10.2. The summed E-state index contributed by atoms with van der Waals surface area (Å²) in [6.45, 7) is 4.69. The number of nitrogens with two attached hydrogens (primary N) is 1. The highest BCUT2D eigenvalue weighted by molar-refractivity contribution is 5.98. The van der Waals surface area contributed by atoms with Crippen LogP contribution in [0, 0.1) is 0 Å². The van der Waals surface area contributed by atoms with Crippen LogP contribution in [-0.2, 0) is 4.79 Å². The van der Waals surface area contributed by atoms with Gasteiger partial charge in [-0.3, -0.25) is 9.59 Å². The van der Waals surface area contributed by atoms with Crippen molar-refractivity contribution in [3.05, 3.63) is 30.4 Å². The SMILES string of the molecule is CCN(CCNC(=O)c1nccn2nccc12)C(=O)CC(C)NC(N)=O. The van der Waals surface area contributed by atoms with Crippen LogP contribution < -0.4 is 16.4 Å². The summed E-state index contributed by atoms with van der Waals surface area (Å²) in [7, 11) is 0. The molecule has 2 heterocycles. The average molecular weight is 361 g/mol. The van der Waals surface area contributed by atoms with Crippen molar-refractivity contribution >= 4 is 23.4 Å². The number of urea groups is 1. The smallest absolute Gasteiger partial charge is 0.312 e. The molecule has 0 aliphatic carbocycles. The van der Waals surface area contributed by atoms with Gasteiger partial charge in [0.1, 0.15) is 0 Å². The van der Waals surface area contributed by atoms with Crippen molar-refractivity contribution in [3.63, 3.8) is 0 Å². The Morgan fingerprint density at radius 3 is 2.81 bits per heavy atom. The van der Waals surface area contributed by atoms with Gasteiger partial charge in [0.15, 0.2) is 5.69 Å². The minimum Gasteiger partial charge on any atom is -0.352 e. The Labute approximate surface area is 150 Å². The molecule has 0 aromatic carbocycles. The summed E-state index contributed by atoms with van der Waals surface area (Å²) in [5, 5.41) is 9.29. The van der Waals surface area contributed by atoms with E-state index < -0.39 is 6.03 Å². The monoisotopic (exact) mass is 361 g/mol. The van der Waals surface area contributed by atoms with E-state index in [-0.39, 0.29) is 36.5 Å². The average Bonchev–Trinajstić information content (AvgIpc) is 3.06. The van der Waals surface area contributed by atoms with Crippen LogP contribution in [0.25, 0.3) is 5.52 Å². The van der Waals surface area contributed by atoms with Crippen molar-refractivity contribution in [1.82, 2.24) is 30.1 Å². The van der Waals surface area contributed by atoms with Gasteiger partial charge in [-0.1, -0.05) is 0 Å². The molecule has 0 saturated carbocycles. The number of aromatic nitrogens is 3. The topological polar surface area (TPSA) is 135 Å². The molecule has 0 aliphatic heterocycles. The fraction of sp³-hybridized carbons (Fsp3) is 0.438. The number of nitrogens with zero attached hydrogens (tertiary/aromatic N) is 4. The Balaban J connectivity index is 1.86. The Bertz CT molecular complexity index is 789.